The largest absolute Gasteiger partial charge is 0.342 e. The molecule has 4 heterocycles. The second-order valence-corrected chi connectivity index (χ2v) is 10.1. The minimum atomic E-state index is -0.329. The molecule has 0 unspecified atom stereocenters. The molecule has 0 saturated carbocycles. The van der Waals surface area contributed by atoms with Gasteiger partial charge in [-0.15, -0.1) is 0 Å². The smallest absolute Gasteiger partial charge is 0.257 e. The molecule has 6 nitrogen and oxygen atoms in total. The Bertz CT molecular complexity index is 926. The molecule has 2 aromatic heterocycles. The first-order chi connectivity index (χ1) is 14.2. The second-order valence-electron chi connectivity index (χ2n) is 10.1. The maximum atomic E-state index is 13.1. The molecular weight excluding hydrogens is 376 g/mol. The van der Waals surface area contributed by atoms with Gasteiger partial charge in [0.2, 0.25) is 5.91 Å². The lowest BCUT2D eigenvalue weighted by Gasteiger charge is -2.36. The molecule has 0 bridgehead atoms. The summed E-state index contributed by atoms with van der Waals surface area (Å²) in [6.07, 6.45) is 7.74. The van der Waals surface area contributed by atoms with Crippen LogP contribution < -0.4 is 0 Å². The molecule has 0 radical (unpaired) electrons. The summed E-state index contributed by atoms with van der Waals surface area (Å²) < 4.78 is 1.81. The lowest BCUT2D eigenvalue weighted by atomic mass is 9.87. The molecule has 2 fully saturated rings. The Morgan fingerprint density at radius 3 is 2.27 bits per heavy atom. The number of carbonyl (C=O) groups excluding carboxylic acids is 2. The van der Waals surface area contributed by atoms with Crippen LogP contribution in [0.4, 0.5) is 0 Å². The van der Waals surface area contributed by atoms with Gasteiger partial charge < -0.3 is 9.80 Å². The van der Waals surface area contributed by atoms with Gasteiger partial charge in [-0.2, -0.15) is 5.10 Å². The molecule has 2 aromatic rings. The van der Waals surface area contributed by atoms with E-state index in [4.69, 9.17) is 0 Å². The standard InChI is InChI=1S/C24H34N4O2/c1-17-5-10-26(11-6-17)22(29)20-16-25-28-14-9-19(15-21(20)28)18-7-12-27(13-8-18)23(30)24(2,3)4/h9,14-18H,5-8,10-13H2,1-4H3. The van der Waals surface area contributed by atoms with Crippen LogP contribution in [-0.4, -0.2) is 57.4 Å². The maximum absolute atomic E-state index is 13.1. The third-order valence-electron chi connectivity index (χ3n) is 6.74. The van der Waals surface area contributed by atoms with Crippen molar-refractivity contribution >= 4 is 17.3 Å². The number of likely N-dealkylation sites (tertiary alicyclic amines) is 2. The highest BCUT2D eigenvalue weighted by atomic mass is 16.2. The number of carbonyl (C=O) groups is 2. The first kappa shape index (κ1) is 20.9. The maximum Gasteiger partial charge on any atom is 0.257 e. The van der Waals surface area contributed by atoms with Crippen LogP contribution in [-0.2, 0) is 4.79 Å². The quantitative estimate of drug-likeness (QED) is 0.753. The van der Waals surface area contributed by atoms with E-state index in [0.29, 0.717) is 17.4 Å². The number of hydrogen-bond donors (Lipinski definition) is 0. The van der Waals surface area contributed by atoms with Crippen LogP contribution in [0, 0.1) is 11.3 Å². The molecule has 0 N–H and O–H groups in total. The summed E-state index contributed by atoms with van der Waals surface area (Å²) in [7, 11) is 0. The fourth-order valence-electron chi connectivity index (χ4n) is 4.69. The van der Waals surface area contributed by atoms with Gasteiger partial charge in [-0.05, 0) is 55.2 Å². The SMILES string of the molecule is CC1CCN(C(=O)c2cnn3ccc(C4CCN(C(=O)C(C)(C)C)CC4)cc23)CC1. The van der Waals surface area contributed by atoms with Crippen LogP contribution in [0.1, 0.15) is 75.2 Å². The number of piperidine rings is 2. The minimum Gasteiger partial charge on any atom is -0.342 e. The molecule has 0 aliphatic carbocycles. The predicted octanol–water partition coefficient (Wildman–Crippen LogP) is 3.96. The van der Waals surface area contributed by atoms with Crippen LogP contribution in [0.5, 0.6) is 0 Å². The Labute approximate surface area is 179 Å². The van der Waals surface area contributed by atoms with E-state index in [0.717, 1.165) is 57.4 Å². The van der Waals surface area contributed by atoms with E-state index >= 15 is 0 Å². The Morgan fingerprint density at radius 1 is 1.00 bits per heavy atom. The van der Waals surface area contributed by atoms with Crippen molar-refractivity contribution in [1.29, 1.82) is 0 Å². The number of pyridine rings is 1. The molecule has 0 atom stereocenters. The third-order valence-corrected chi connectivity index (χ3v) is 6.74. The summed E-state index contributed by atoms with van der Waals surface area (Å²) in [5.41, 5.74) is 2.51. The van der Waals surface area contributed by atoms with Crippen molar-refractivity contribution in [2.24, 2.45) is 11.3 Å². The van der Waals surface area contributed by atoms with E-state index in [1.54, 1.807) is 6.20 Å². The van der Waals surface area contributed by atoms with Crippen molar-refractivity contribution in [2.45, 2.75) is 59.3 Å². The van der Waals surface area contributed by atoms with E-state index in [1.807, 2.05) is 41.3 Å². The number of aromatic nitrogens is 2. The van der Waals surface area contributed by atoms with Gasteiger partial charge >= 0.3 is 0 Å². The molecule has 2 aliphatic heterocycles. The van der Waals surface area contributed by atoms with Crippen LogP contribution in [0.15, 0.2) is 24.5 Å². The highest BCUT2D eigenvalue weighted by molar-refractivity contribution is 6.00. The van der Waals surface area contributed by atoms with Crippen LogP contribution in [0.25, 0.3) is 5.52 Å². The van der Waals surface area contributed by atoms with Crippen molar-refractivity contribution in [1.82, 2.24) is 19.4 Å². The topological polar surface area (TPSA) is 57.9 Å². The molecule has 2 aliphatic rings. The van der Waals surface area contributed by atoms with E-state index in [9.17, 15) is 9.59 Å². The van der Waals surface area contributed by atoms with Crippen molar-refractivity contribution in [3.05, 3.63) is 35.7 Å². The summed E-state index contributed by atoms with van der Waals surface area (Å²) in [6, 6.07) is 4.25. The molecule has 4 rings (SSSR count). The zero-order valence-electron chi connectivity index (χ0n) is 18.7. The zero-order chi connectivity index (χ0) is 21.5. The highest BCUT2D eigenvalue weighted by Crippen LogP contribution is 2.31. The molecule has 0 spiro atoms. The van der Waals surface area contributed by atoms with Gasteiger partial charge in [0.15, 0.2) is 0 Å². The normalized spacial score (nSPS) is 19.5. The van der Waals surface area contributed by atoms with Gasteiger partial charge in [0.05, 0.1) is 17.3 Å². The van der Waals surface area contributed by atoms with Gasteiger partial charge in [0.1, 0.15) is 0 Å². The van der Waals surface area contributed by atoms with Gasteiger partial charge in [-0.3, -0.25) is 9.59 Å². The Balaban J connectivity index is 1.50. The number of rotatable bonds is 2. The summed E-state index contributed by atoms with van der Waals surface area (Å²) in [4.78, 5) is 29.6. The number of amides is 2. The molecule has 6 heteroatoms. The fourth-order valence-corrected chi connectivity index (χ4v) is 4.69. The first-order valence-electron chi connectivity index (χ1n) is 11.3. The molecule has 2 saturated heterocycles. The highest BCUT2D eigenvalue weighted by Gasteiger charge is 2.31. The number of hydrogen-bond acceptors (Lipinski definition) is 3. The van der Waals surface area contributed by atoms with E-state index in [-0.39, 0.29) is 17.2 Å². The van der Waals surface area contributed by atoms with Crippen molar-refractivity contribution in [3.63, 3.8) is 0 Å². The molecule has 162 valence electrons. The number of fused-ring (bicyclic) bond motifs is 1. The zero-order valence-corrected chi connectivity index (χ0v) is 18.7. The van der Waals surface area contributed by atoms with Gasteiger partial charge in [-0.1, -0.05) is 27.7 Å². The van der Waals surface area contributed by atoms with Crippen LogP contribution in [0.2, 0.25) is 0 Å². The predicted molar refractivity (Wildman–Crippen MR) is 118 cm³/mol. The summed E-state index contributed by atoms with van der Waals surface area (Å²) in [6.45, 7) is 11.5. The molecule has 2 amide bonds. The van der Waals surface area contributed by atoms with Gasteiger partial charge in [0, 0.05) is 37.8 Å². The average Bonchev–Trinajstić information content (AvgIpc) is 3.16. The van der Waals surface area contributed by atoms with E-state index in [1.165, 1.54) is 5.56 Å². The molecule has 30 heavy (non-hydrogen) atoms. The molecule has 0 aromatic carbocycles. The summed E-state index contributed by atoms with van der Waals surface area (Å²) in [5, 5.41) is 4.41. The van der Waals surface area contributed by atoms with Gasteiger partial charge in [-0.25, -0.2) is 4.52 Å². The van der Waals surface area contributed by atoms with Crippen molar-refractivity contribution in [3.8, 4) is 0 Å². The average molecular weight is 411 g/mol. The molecular formula is C24H34N4O2. The summed E-state index contributed by atoms with van der Waals surface area (Å²) >= 11 is 0. The van der Waals surface area contributed by atoms with E-state index in [2.05, 4.69) is 24.2 Å². The fraction of sp³-hybridized carbons (Fsp3) is 0.625. The number of nitrogens with zero attached hydrogens (tertiary/aromatic N) is 4. The first-order valence-corrected chi connectivity index (χ1v) is 11.3. The van der Waals surface area contributed by atoms with Crippen molar-refractivity contribution in [2.75, 3.05) is 26.2 Å². The second kappa shape index (κ2) is 8.05. The minimum absolute atomic E-state index is 0.0969. The Hall–Kier alpha value is -2.37. The van der Waals surface area contributed by atoms with E-state index < -0.39 is 0 Å². The van der Waals surface area contributed by atoms with Crippen molar-refractivity contribution < 1.29 is 9.59 Å². The van der Waals surface area contributed by atoms with Crippen LogP contribution in [0.3, 0.4) is 0 Å². The summed E-state index contributed by atoms with van der Waals surface area (Å²) in [5.74, 6) is 1.43. The lowest BCUT2D eigenvalue weighted by molar-refractivity contribution is -0.140. The Morgan fingerprint density at radius 2 is 1.63 bits per heavy atom. The van der Waals surface area contributed by atoms with Gasteiger partial charge in [0.25, 0.3) is 5.91 Å². The van der Waals surface area contributed by atoms with Crippen LogP contribution >= 0.6 is 0 Å². The monoisotopic (exact) mass is 410 g/mol. The third kappa shape index (κ3) is 4.09. The lowest BCUT2D eigenvalue weighted by Crippen LogP contribution is -2.43. The Kier molecular flexibility index (Phi) is 5.60.